The van der Waals surface area contributed by atoms with E-state index in [0.29, 0.717) is 17.1 Å². The molecule has 14 heavy (non-hydrogen) atoms. The molecule has 0 bridgehead atoms. The number of rotatable bonds is 2. The van der Waals surface area contributed by atoms with Gasteiger partial charge in [0.1, 0.15) is 0 Å². The monoisotopic (exact) mass is 206 g/mol. The molecule has 1 N–H and O–H groups in total. The number of benzene rings is 1. The molecular weight excluding hydrogens is 200 g/mol. The molecule has 0 fully saturated rings. The van der Waals surface area contributed by atoms with Crippen LogP contribution in [0.25, 0.3) is 10.9 Å². The second-order valence-corrected chi connectivity index (χ2v) is 3.23. The number of para-hydroxylation sites is 1. The van der Waals surface area contributed by atoms with Crippen LogP contribution in [-0.4, -0.2) is 11.4 Å². The lowest BCUT2D eigenvalue weighted by molar-refractivity contribution is -0.105. The summed E-state index contributed by atoms with van der Waals surface area (Å²) in [5, 5.41) is 4.07. The molecule has 0 radical (unpaired) electrons. The van der Waals surface area contributed by atoms with E-state index >= 15 is 0 Å². The van der Waals surface area contributed by atoms with Gasteiger partial charge in [-0.1, -0.05) is 23.7 Å². The number of fused-ring (bicyclic) bond motifs is 1. The molecule has 0 saturated heterocycles. The lowest BCUT2D eigenvalue weighted by Crippen LogP contribution is -1.95. The Hall–Kier alpha value is -1.61. The van der Waals surface area contributed by atoms with Crippen molar-refractivity contribution < 1.29 is 4.79 Å². The van der Waals surface area contributed by atoms with Gasteiger partial charge >= 0.3 is 0 Å². The molecule has 0 spiro atoms. The van der Waals surface area contributed by atoms with Gasteiger partial charge in [0.05, 0.1) is 16.2 Å². The predicted octanol–water partition coefficient (Wildman–Crippen LogP) is 2.46. The highest BCUT2D eigenvalue weighted by molar-refractivity contribution is 6.31. The van der Waals surface area contributed by atoms with E-state index in [0.717, 1.165) is 10.9 Å². The van der Waals surface area contributed by atoms with E-state index in [1.807, 2.05) is 12.1 Å². The first-order valence-corrected chi connectivity index (χ1v) is 4.43. The number of amides is 1. The Labute approximate surface area is 85.7 Å². The molecule has 0 saturated carbocycles. The van der Waals surface area contributed by atoms with Crippen LogP contribution >= 0.6 is 11.6 Å². The zero-order valence-corrected chi connectivity index (χ0v) is 7.95. The second kappa shape index (κ2) is 3.64. The molecule has 3 nitrogen and oxygen atoms in total. The highest BCUT2D eigenvalue weighted by Gasteiger charge is 2.01. The van der Waals surface area contributed by atoms with Gasteiger partial charge in [0.15, 0.2) is 0 Å². The molecule has 0 atom stereocenters. The molecule has 1 aromatic carbocycles. The summed E-state index contributed by atoms with van der Waals surface area (Å²) < 4.78 is 0. The summed E-state index contributed by atoms with van der Waals surface area (Å²) in [4.78, 5) is 14.5. The van der Waals surface area contributed by atoms with Gasteiger partial charge in [-0.15, -0.1) is 0 Å². The third kappa shape index (κ3) is 1.54. The van der Waals surface area contributed by atoms with Crippen LogP contribution in [0.5, 0.6) is 0 Å². The van der Waals surface area contributed by atoms with Crippen LogP contribution in [0.2, 0.25) is 5.02 Å². The summed E-state index contributed by atoms with van der Waals surface area (Å²) in [6, 6.07) is 7.33. The molecule has 0 aliphatic heterocycles. The van der Waals surface area contributed by atoms with E-state index in [2.05, 4.69) is 10.3 Å². The molecule has 1 aromatic heterocycles. The molecule has 1 heterocycles. The van der Waals surface area contributed by atoms with Crippen LogP contribution < -0.4 is 5.32 Å². The molecule has 0 aliphatic rings. The van der Waals surface area contributed by atoms with E-state index in [9.17, 15) is 4.79 Å². The molecule has 1 amide bonds. The molecule has 4 heteroatoms. The van der Waals surface area contributed by atoms with Crippen LogP contribution in [0, 0.1) is 0 Å². The molecule has 0 aliphatic carbocycles. The largest absolute Gasteiger partial charge is 0.327 e. The summed E-state index contributed by atoms with van der Waals surface area (Å²) in [7, 11) is 0. The van der Waals surface area contributed by atoms with Gasteiger partial charge in [0, 0.05) is 11.6 Å². The Morgan fingerprint density at radius 2 is 2.29 bits per heavy atom. The molecule has 0 unspecified atom stereocenters. The van der Waals surface area contributed by atoms with Gasteiger partial charge in [-0.2, -0.15) is 0 Å². The summed E-state index contributed by atoms with van der Waals surface area (Å²) in [6.07, 6.45) is 2.19. The van der Waals surface area contributed by atoms with Crippen molar-refractivity contribution in [2.24, 2.45) is 0 Å². The number of carbonyl (C=O) groups is 1. The topological polar surface area (TPSA) is 42.0 Å². The van der Waals surface area contributed by atoms with E-state index < -0.39 is 0 Å². The maximum absolute atomic E-state index is 10.3. The lowest BCUT2D eigenvalue weighted by Gasteiger charge is -2.03. The number of aromatic nitrogens is 1. The van der Waals surface area contributed by atoms with Gasteiger partial charge < -0.3 is 5.32 Å². The highest BCUT2D eigenvalue weighted by Crippen LogP contribution is 2.22. The molecule has 2 rings (SSSR count). The summed E-state index contributed by atoms with van der Waals surface area (Å²) in [5.74, 6) is 0. The fourth-order valence-electron chi connectivity index (χ4n) is 1.31. The van der Waals surface area contributed by atoms with E-state index in [4.69, 9.17) is 11.6 Å². The number of carbonyl (C=O) groups excluding carboxylic acids is 1. The van der Waals surface area contributed by atoms with Crippen LogP contribution in [0.15, 0.2) is 30.5 Å². The fraction of sp³-hybridized carbons (Fsp3) is 0. The number of hydrogen-bond donors (Lipinski definition) is 1. The Morgan fingerprint density at radius 1 is 1.43 bits per heavy atom. The second-order valence-electron chi connectivity index (χ2n) is 2.79. The number of anilines is 1. The van der Waals surface area contributed by atoms with Crippen LogP contribution in [0.1, 0.15) is 0 Å². The number of nitrogens with zero attached hydrogens (tertiary/aromatic N) is 1. The van der Waals surface area contributed by atoms with Gasteiger partial charge in [-0.25, -0.2) is 0 Å². The zero-order chi connectivity index (χ0) is 9.97. The van der Waals surface area contributed by atoms with E-state index in [-0.39, 0.29) is 0 Å². The minimum absolute atomic E-state index is 0.584. The maximum Gasteiger partial charge on any atom is 0.211 e. The van der Waals surface area contributed by atoms with Crippen molar-refractivity contribution in [2.75, 3.05) is 5.32 Å². The average molecular weight is 207 g/mol. The van der Waals surface area contributed by atoms with E-state index in [1.165, 1.54) is 0 Å². The third-order valence-electron chi connectivity index (χ3n) is 1.89. The first-order valence-electron chi connectivity index (χ1n) is 4.06. The highest BCUT2D eigenvalue weighted by atomic mass is 35.5. The van der Waals surface area contributed by atoms with Gasteiger partial charge in [0.2, 0.25) is 6.41 Å². The number of pyridine rings is 1. The van der Waals surface area contributed by atoms with E-state index in [1.54, 1.807) is 18.3 Å². The molecular formula is C10H7ClN2O. The summed E-state index contributed by atoms with van der Waals surface area (Å²) in [6.45, 7) is 0. The zero-order valence-electron chi connectivity index (χ0n) is 7.20. The van der Waals surface area contributed by atoms with Gasteiger partial charge in [-0.05, 0) is 12.1 Å². The lowest BCUT2D eigenvalue weighted by atomic mass is 10.2. The minimum Gasteiger partial charge on any atom is -0.327 e. The van der Waals surface area contributed by atoms with Crippen molar-refractivity contribution in [3.63, 3.8) is 0 Å². The Morgan fingerprint density at radius 3 is 3.07 bits per heavy atom. The van der Waals surface area contributed by atoms with Crippen LogP contribution in [0.4, 0.5) is 5.69 Å². The van der Waals surface area contributed by atoms with Crippen molar-refractivity contribution in [3.05, 3.63) is 35.5 Å². The van der Waals surface area contributed by atoms with Gasteiger partial charge in [-0.3, -0.25) is 9.78 Å². The van der Waals surface area contributed by atoms with Crippen LogP contribution in [-0.2, 0) is 4.79 Å². The summed E-state index contributed by atoms with van der Waals surface area (Å²) >= 11 is 5.80. The summed E-state index contributed by atoms with van der Waals surface area (Å²) in [5.41, 5.74) is 1.43. The van der Waals surface area contributed by atoms with Crippen molar-refractivity contribution in [3.8, 4) is 0 Å². The smallest absolute Gasteiger partial charge is 0.211 e. The van der Waals surface area contributed by atoms with Crippen molar-refractivity contribution >= 4 is 34.6 Å². The average Bonchev–Trinajstić information content (AvgIpc) is 2.18. The first kappa shape index (κ1) is 8.97. The maximum atomic E-state index is 10.3. The third-order valence-corrected chi connectivity index (χ3v) is 2.10. The number of halogens is 1. The standard InChI is InChI=1S/C10H7ClN2O/c11-8-4-7-2-1-3-9(13-6-14)10(7)12-5-8/h1-6H,(H,13,14). The Kier molecular flexibility index (Phi) is 2.33. The van der Waals surface area contributed by atoms with Crippen LogP contribution in [0.3, 0.4) is 0 Å². The van der Waals surface area contributed by atoms with Crippen molar-refractivity contribution in [1.82, 2.24) is 4.98 Å². The fourth-order valence-corrected chi connectivity index (χ4v) is 1.48. The van der Waals surface area contributed by atoms with Crippen molar-refractivity contribution in [2.45, 2.75) is 0 Å². The Bertz CT molecular complexity index is 485. The SMILES string of the molecule is O=CNc1cccc2cc(Cl)cnc12. The number of nitrogens with one attached hydrogen (secondary N) is 1. The molecule has 2 aromatic rings. The predicted molar refractivity (Wildman–Crippen MR) is 56.4 cm³/mol. The number of hydrogen-bond acceptors (Lipinski definition) is 2. The van der Waals surface area contributed by atoms with Gasteiger partial charge in [0.25, 0.3) is 0 Å². The first-order chi connectivity index (χ1) is 6.81. The molecule has 70 valence electrons. The Balaban J connectivity index is 2.68. The quantitative estimate of drug-likeness (QED) is 0.767. The normalized spacial score (nSPS) is 10.1. The van der Waals surface area contributed by atoms with Crippen molar-refractivity contribution in [1.29, 1.82) is 0 Å². The minimum atomic E-state index is 0.584.